The Bertz CT molecular complexity index is 1010. The van der Waals surface area contributed by atoms with Crippen LogP contribution in [0.1, 0.15) is 12.0 Å². The van der Waals surface area contributed by atoms with E-state index in [2.05, 4.69) is 6.07 Å². The molecule has 1 aliphatic carbocycles. The fraction of sp³-hybridized carbons (Fsp3) is 0.300. The fourth-order valence-corrected chi connectivity index (χ4v) is 4.27. The quantitative estimate of drug-likeness (QED) is 0.686. The third kappa shape index (κ3) is 3.32. The van der Waals surface area contributed by atoms with Crippen LogP contribution >= 0.6 is 12.1 Å². The molecular weight excluding hydrogens is 382 g/mol. The second-order valence-electron chi connectivity index (χ2n) is 6.77. The van der Waals surface area contributed by atoms with Crippen LogP contribution in [-0.2, 0) is 0 Å². The van der Waals surface area contributed by atoms with Crippen molar-refractivity contribution in [3.05, 3.63) is 42.0 Å². The molecule has 0 aromatic heterocycles. The van der Waals surface area contributed by atoms with Crippen LogP contribution in [0.25, 0.3) is 11.1 Å². The molecular formula is C20H16F2N4OS. The number of nitriles is 2. The summed E-state index contributed by atoms with van der Waals surface area (Å²) in [6.07, 6.45) is -0.0534. The van der Waals surface area contributed by atoms with Gasteiger partial charge in [-0.3, -0.25) is 8.61 Å². The van der Waals surface area contributed by atoms with Crippen molar-refractivity contribution in [1.29, 1.82) is 10.5 Å². The molecule has 5 nitrogen and oxygen atoms in total. The standard InChI is InChI=1S/C20H16F2N4OS/c1-25-19-8-13(17-9-16(27-7-6-23)4-2-14(17)11-24)3-5-18(19)26(28-25)12-15-10-20(15,21)22/h2-5,8-9,15H,7,10,12H2,1H3. The van der Waals surface area contributed by atoms with Crippen molar-refractivity contribution in [3.8, 4) is 29.0 Å². The van der Waals surface area contributed by atoms with Gasteiger partial charge in [-0.25, -0.2) is 8.78 Å². The van der Waals surface area contributed by atoms with Crippen LogP contribution < -0.4 is 13.3 Å². The van der Waals surface area contributed by atoms with Crippen LogP contribution in [0, 0.1) is 28.6 Å². The number of halogens is 2. The Morgan fingerprint density at radius 2 is 2.00 bits per heavy atom. The summed E-state index contributed by atoms with van der Waals surface area (Å²) >= 11 is 1.40. The van der Waals surface area contributed by atoms with Crippen LogP contribution in [0.5, 0.6) is 5.75 Å². The lowest BCUT2D eigenvalue weighted by molar-refractivity contribution is 0.101. The van der Waals surface area contributed by atoms with E-state index in [1.165, 1.54) is 12.1 Å². The fourth-order valence-electron chi connectivity index (χ4n) is 3.25. The topological polar surface area (TPSA) is 63.3 Å². The highest BCUT2D eigenvalue weighted by atomic mass is 32.2. The molecule has 0 N–H and O–H groups in total. The summed E-state index contributed by atoms with van der Waals surface area (Å²) in [6.45, 7) is 0.227. The van der Waals surface area contributed by atoms with Gasteiger partial charge in [-0.15, -0.1) is 0 Å². The van der Waals surface area contributed by atoms with E-state index in [0.29, 0.717) is 23.4 Å². The van der Waals surface area contributed by atoms with E-state index in [4.69, 9.17) is 10.00 Å². The van der Waals surface area contributed by atoms with Gasteiger partial charge in [0.25, 0.3) is 5.92 Å². The lowest BCUT2D eigenvalue weighted by atomic mass is 9.99. The van der Waals surface area contributed by atoms with E-state index in [9.17, 15) is 14.0 Å². The molecule has 28 heavy (non-hydrogen) atoms. The van der Waals surface area contributed by atoms with Gasteiger partial charge in [-0.2, -0.15) is 10.5 Å². The van der Waals surface area contributed by atoms with E-state index < -0.39 is 11.8 Å². The van der Waals surface area contributed by atoms with Crippen molar-refractivity contribution in [2.75, 3.05) is 28.8 Å². The van der Waals surface area contributed by atoms with Gasteiger partial charge in [-0.1, -0.05) is 6.07 Å². The van der Waals surface area contributed by atoms with Gasteiger partial charge in [0.05, 0.1) is 35.1 Å². The first-order chi connectivity index (χ1) is 13.4. The van der Waals surface area contributed by atoms with Gasteiger partial charge < -0.3 is 4.74 Å². The van der Waals surface area contributed by atoms with Crippen LogP contribution in [-0.4, -0.2) is 26.1 Å². The molecule has 2 aromatic rings. The average Bonchev–Trinajstić information content (AvgIpc) is 3.17. The van der Waals surface area contributed by atoms with Crippen molar-refractivity contribution in [2.45, 2.75) is 12.3 Å². The van der Waals surface area contributed by atoms with E-state index in [1.807, 2.05) is 39.9 Å². The van der Waals surface area contributed by atoms with E-state index in [-0.39, 0.29) is 13.0 Å². The second-order valence-corrected chi connectivity index (χ2v) is 7.92. The number of alkyl halides is 2. The highest BCUT2D eigenvalue weighted by Crippen LogP contribution is 2.53. The maximum absolute atomic E-state index is 13.3. The van der Waals surface area contributed by atoms with Gasteiger partial charge in [-0.05, 0) is 35.9 Å². The summed E-state index contributed by atoms with van der Waals surface area (Å²) in [5.41, 5.74) is 3.80. The van der Waals surface area contributed by atoms with Crippen molar-refractivity contribution >= 4 is 23.5 Å². The van der Waals surface area contributed by atoms with E-state index >= 15 is 0 Å². The van der Waals surface area contributed by atoms with E-state index in [0.717, 1.165) is 16.9 Å². The number of fused-ring (bicyclic) bond motifs is 1. The molecule has 1 heterocycles. The summed E-state index contributed by atoms with van der Waals surface area (Å²) in [5, 5.41) is 18.1. The molecule has 4 rings (SSSR count). The summed E-state index contributed by atoms with van der Waals surface area (Å²) in [7, 11) is 1.88. The second kappa shape index (κ2) is 6.88. The zero-order valence-electron chi connectivity index (χ0n) is 15.0. The van der Waals surface area contributed by atoms with Crippen molar-refractivity contribution in [3.63, 3.8) is 0 Å². The van der Waals surface area contributed by atoms with Crippen LogP contribution in [0.4, 0.5) is 20.2 Å². The zero-order valence-corrected chi connectivity index (χ0v) is 15.8. The zero-order chi connectivity index (χ0) is 19.9. The summed E-state index contributed by atoms with van der Waals surface area (Å²) in [5.74, 6) is -2.64. The Hall–Kier alpha value is -2.97. The molecule has 0 saturated heterocycles. The number of rotatable bonds is 5. The molecule has 1 saturated carbocycles. The smallest absolute Gasteiger partial charge is 0.253 e. The summed E-state index contributed by atoms with van der Waals surface area (Å²) in [4.78, 5) is 0. The van der Waals surface area contributed by atoms with Gasteiger partial charge in [0.2, 0.25) is 0 Å². The number of ether oxygens (including phenoxy) is 1. The Morgan fingerprint density at radius 3 is 2.68 bits per heavy atom. The Balaban J connectivity index is 1.65. The highest BCUT2D eigenvalue weighted by molar-refractivity contribution is 8.02. The molecule has 0 spiro atoms. The summed E-state index contributed by atoms with van der Waals surface area (Å²) in [6, 6.07) is 14.9. The maximum Gasteiger partial charge on any atom is 0.253 e. The summed E-state index contributed by atoms with van der Waals surface area (Å²) < 4.78 is 35.8. The third-order valence-electron chi connectivity index (χ3n) is 4.87. The van der Waals surface area contributed by atoms with Crippen LogP contribution in [0.15, 0.2) is 36.4 Å². The molecule has 0 bridgehead atoms. The minimum Gasteiger partial charge on any atom is -0.479 e. The van der Waals surface area contributed by atoms with Crippen LogP contribution in [0.3, 0.4) is 0 Å². The largest absolute Gasteiger partial charge is 0.479 e. The average molecular weight is 398 g/mol. The number of nitrogens with zero attached hydrogens (tertiary/aromatic N) is 4. The molecule has 0 radical (unpaired) electrons. The Labute approximate surface area is 166 Å². The van der Waals surface area contributed by atoms with Gasteiger partial charge >= 0.3 is 0 Å². The molecule has 142 valence electrons. The van der Waals surface area contributed by atoms with E-state index in [1.54, 1.807) is 18.2 Å². The number of hydrogen-bond acceptors (Lipinski definition) is 6. The molecule has 0 amide bonds. The molecule has 8 heteroatoms. The number of hydrogen-bond donors (Lipinski definition) is 0. The van der Waals surface area contributed by atoms with Crippen molar-refractivity contribution < 1.29 is 13.5 Å². The van der Waals surface area contributed by atoms with Gasteiger partial charge in [0.15, 0.2) is 6.61 Å². The molecule has 1 fully saturated rings. The predicted molar refractivity (Wildman–Crippen MR) is 104 cm³/mol. The van der Waals surface area contributed by atoms with Gasteiger partial charge in [0, 0.05) is 31.5 Å². The SMILES string of the molecule is CN1SN(CC2CC2(F)F)c2ccc(-c3cc(OCC#N)ccc3C#N)cc21. The van der Waals surface area contributed by atoms with Crippen molar-refractivity contribution in [2.24, 2.45) is 5.92 Å². The minimum absolute atomic E-state index is 0.0534. The highest BCUT2D eigenvalue weighted by Gasteiger charge is 2.57. The van der Waals surface area contributed by atoms with Crippen molar-refractivity contribution in [1.82, 2.24) is 0 Å². The molecule has 2 aromatic carbocycles. The molecule has 2 aliphatic rings. The minimum atomic E-state index is -2.55. The Morgan fingerprint density at radius 1 is 1.21 bits per heavy atom. The predicted octanol–water partition coefficient (Wildman–Crippen LogP) is 4.60. The number of anilines is 2. The van der Waals surface area contributed by atoms with Crippen LogP contribution in [0.2, 0.25) is 0 Å². The van der Waals surface area contributed by atoms with Gasteiger partial charge in [0.1, 0.15) is 11.8 Å². The maximum atomic E-state index is 13.3. The molecule has 1 unspecified atom stereocenters. The Kier molecular flexibility index (Phi) is 4.52. The molecule has 1 aliphatic heterocycles. The first kappa shape index (κ1) is 18.4. The third-order valence-corrected chi connectivity index (χ3v) is 5.86. The normalized spacial score (nSPS) is 19.0. The first-order valence-electron chi connectivity index (χ1n) is 8.68. The molecule has 1 atom stereocenters. The first-order valence-corrected chi connectivity index (χ1v) is 9.41. The lowest BCUT2D eigenvalue weighted by Crippen LogP contribution is -2.18. The monoisotopic (exact) mass is 398 g/mol. The number of benzene rings is 2. The lowest BCUT2D eigenvalue weighted by Gasteiger charge is -2.16.